The Morgan fingerprint density at radius 3 is 1.00 bits per heavy atom. The molecule has 0 amide bonds. The summed E-state index contributed by atoms with van der Waals surface area (Å²) >= 11 is 0. The number of unbranched alkanes of at least 4 members (excludes halogenated alkanes) is 18. The molecule has 0 fully saturated rings. The summed E-state index contributed by atoms with van der Waals surface area (Å²) in [4.78, 5) is 0. The maximum Gasteiger partial charge on any atom is 4.00 e. The molecule has 0 bridgehead atoms. The SMILES string of the molecule is [C-]1=CC=CC1.[CH2-]CCCCCCCC.[CH2-]CCCCCCCC.[CH2-]CCCCCCCC.[Pt+4]. The maximum absolute atomic E-state index is 3.80. The first kappa shape index (κ1) is 40.3. The first-order valence-corrected chi connectivity index (χ1v) is 14.3. The summed E-state index contributed by atoms with van der Waals surface area (Å²) < 4.78 is 0. The van der Waals surface area contributed by atoms with E-state index in [1.54, 1.807) is 0 Å². The van der Waals surface area contributed by atoms with Crippen molar-refractivity contribution in [1.29, 1.82) is 0 Å². The van der Waals surface area contributed by atoms with Gasteiger partial charge in [-0.3, -0.25) is 6.08 Å². The summed E-state index contributed by atoms with van der Waals surface area (Å²) in [5.74, 6) is 0. The third kappa shape index (κ3) is 54.5. The van der Waals surface area contributed by atoms with Gasteiger partial charge in [0.05, 0.1) is 0 Å². The van der Waals surface area contributed by atoms with Gasteiger partial charge in [-0.15, -0.1) is 6.42 Å². The molecule has 0 spiro atoms. The summed E-state index contributed by atoms with van der Waals surface area (Å²) in [6.07, 6.45) is 38.3. The van der Waals surface area contributed by atoms with Gasteiger partial charge >= 0.3 is 21.1 Å². The number of hydrogen-bond donors (Lipinski definition) is 0. The zero-order chi connectivity index (χ0) is 24.4. The third-order valence-corrected chi connectivity index (χ3v) is 5.40. The van der Waals surface area contributed by atoms with Crippen LogP contribution in [0.2, 0.25) is 0 Å². The Labute approximate surface area is 227 Å². The number of allylic oxidation sites excluding steroid dienone is 4. The van der Waals surface area contributed by atoms with Gasteiger partial charge in [-0.1, -0.05) is 136 Å². The standard InChI is InChI=1S/3C9H19.C5H5.Pt/c3*1-3-5-7-9-8-6-4-2;1-2-4-5-3-1;/h3*1,3-9H2,2H3;1-3H,4H2;/q4*-1;+4. The predicted octanol–water partition coefficient (Wildman–Crippen LogP) is 12.0. The van der Waals surface area contributed by atoms with Gasteiger partial charge in [0.1, 0.15) is 0 Å². The number of hydrogen-bond acceptors (Lipinski definition) is 0. The Morgan fingerprint density at radius 2 is 0.818 bits per heavy atom. The van der Waals surface area contributed by atoms with E-state index in [1.807, 2.05) is 12.2 Å². The van der Waals surface area contributed by atoms with Crippen molar-refractivity contribution in [3.8, 4) is 0 Å². The molecule has 0 heterocycles. The Hall–Kier alpha value is 0.168. The fraction of sp³-hybridized carbons (Fsp3) is 0.781. The van der Waals surface area contributed by atoms with Crippen LogP contribution in [0.3, 0.4) is 0 Å². The molecule has 0 aromatic carbocycles. The average molecular weight is 642 g/mol. The van der Waals surface area contributed by atoms with Gasteiger partial charge in [0.2, 0.25) is 0 Å². The normalized spacial score (nSPS) is 10.8. The fourth-order valence-corrected chi connectivity index (χ4v) is 3.21. The molecule has 0 saturated carbocycles. The van der Waals surface area contributed by atoms with E-state index in [9.17, 15) is 0 Å². The van der Waals surface area contributed by atoms with Gasteiger partial charge < -0.3 is 20.8 Å². The van der Waals surface area contributed by atoms with Crippen LogP contribution in [0.5, 0.6) is 0 Å². The molecule has 33 heavy (non-hydrogen) atoms. The molecule has 1 heteroatoms. The summed E-state index contributed by atoms with van der Waals surface area (Å²) in [5.41, 5.74) is 0. The summed E-state index contributed by atoms with van der Waals surface area (Å²) in [6.45, 7) is 18.2. The Balaban J connectivity index is -0.000000171. The molecule has 0 N–H and O–H groups in total. The molecule has 0 aromatic heterocycles. The van der Waals surface area contributed by atoms with E-state index in [1.165, 1.54) is 116 Å². The minimum atomic E-state index is 0. The first-order valence-electron chi connectivity index (χ1n) is 14.3. The van der Waals surface area contributed by atoms with Crippen molar-refractivity contribution in [3.05, 3.63) is 45.1 Å². The molecule has 200 valence electrons. The molecule has 0 nitrogen and oxygen atoms in total. The van der Waals surface area contributed by atoms with Gasteiger partial charge in [0.15, 0.2) is 0 Å². The Kier molecular flexibility index (Phi) is 55.8. The van der Waals surface area contributed by atoms with Crippen molar-refractivity contribution in [2.24, 2.45) is 0 Å². The molecule has 1 aliphatic carbocycles. The second kappa shape index (κ2) is 45.6. The van der Waals surface area contributed by atoms with E-state index in [4.69, 9.17) is 0 Å². The smallest absolute Gasteiger partial charge is 0.343 e. The van der Waals surface area contributed by atoms with E-state index in [2.05, 4.69) is 53.7 Å². The van der Waals surface area contributed by atoms with Crippen LogP contribution in [0.1, 0.15) is 162 Å². The zero-order valence-electron chi connectivity index (χ0n) is 23.2. The quantitative estimate of drug-likeness (QED) is 0.103. The van der Waals surface area contributed by atoms with Crippen LogP contribution in [-0.4, -0.2) is 0 Å². The Morgan fingerprint density at radius 1 is 0.515 bits per heavy atom. The molecule has 1 aliphatic rings. The largest absolute Gasteiger partial charge is 4.00 e. The van der Waals surface area contributed by atoms with Gasteiger partial charge in [0.25, 0.3) is 0 Å². The van der Waals surface area contributed by atoms with Crippen LogP contribution < -0.4 is 0 Å². The molecule has 0 unspecified atom stereocenters. The predicted molar refractivity (Wildman–Crippen MR) is 152 cm³/mol. The van der Waals surface area contributed by atoms with Crippen molar-refractivity contribution < 1.29 is 21.1 Å². The Bertz CT molecular complexity index is 257. The van der Waals surface area contributed by atoms with Crippen molar-refractivity contribution in [1.82, 2.24) is 0 Å². The second-order valence-corrected chi connectivity index (χ2v) is 8.87. The van der Waals surface area contributed by atoms with Crippen LogP contribution in [-0.2, 0) is 21.1 Å². The molecule has 0 radical (unpaired) electrons. The van der Waals surface area contributed by atoms with Crippen LogP contribution >= 0.6 is 0 Å². The topological polar surface area (TPSA) is 0 Å². The third-order valence-electron chi connectivity index (χ3n) is 5.40. The minimum absolute atomic E-state index is 0. The number of rotatable bonds is 18. The fourth-order valence-electron chi connectivity index (χ4n) is 3.21. The van der Waals surface area contributed by atoms with Crippen molar-refractivity contribution in [2.75, 3.05) is 0 Å². The molecular weight excluding hydrogens is 579 g/mol. The van der Waals surface area contributed by atoms with Crippen molar-refractivity contribution in [3.63, 3.8) is 0 Å². The van der Waals surface area contributed by atoms with E-state index in [0.29, 0.717) is 0 Å². The van der Waals surface area contributed by atoms with Gasteiger partial charge in [0, 0.05) is 0 Å². The molecule has 0 aromatic rings. The summed E-state index contributed by atoms with van der Waals surface area (Å²) in [6, 6.07) is 0. The maximum atomic E-state index is 3.80. The van der Waals surface area contributed by atoms with Gasteiger partial charge in [-0.2, -0.15) is 25.3 Å². The van der Waals surface area contributed by atoms with E-state index in [0.717, 1.165) is 25.7 Å². The molecular formula is C32H62Pt. The second-order valence-electron chi connectivity index (χ2n) is 8.87. The zero-order valence-corrected chi connectivity index (χ0v) is 25.5. The van der Waals surface area contributed by atoms with Gasteiger partial charge in [-0.25, -0.2) is 12.2 Å². The van der Waals surface area contributed by atoms with E-state index < -0.39 is 0 Å². The summed E-state index contributed by atoms with van der Waals surface area (Å²) in [7, 11) is 0. The molecule has 1 rings (SSSR count). The molecule has 0 saturated heterocycles. The monoisotopic (exact) mass is 641 g/mol. The minimum Gasteiger partial charge on any atom is -0.343 e. The van der Waals surface area contributed by atoms with Crippen LogP contribution in [0.4, 0.5) is 0 Å². The van der Waals surface area contributed by atoms with Crippen molar-refractivity contribution >= 4 is 0 Å². The average Bonchev–Trinajstić information content (AvgIpc) is 3.40. The van der Waals surface area contributed by atoms with Crippen molar-refractivity contribution in [2.45, 2.75) is 162 Å². The summed E-state index contributed by atoms with van der Waals surface area (Å²) in [5, 5.41) is 0. The van der Waals surface area contributed by atoms with Crippen LogP contribution in [0.25, 0.3) is 0 Å². The van der Waals surface area contributed by atoms with E-state index >= 15 is 0 Å². The van der Waals surface area contributed by atoms with E-state index in [-0.39, 0.29) is 21.1 Å². The van der Waals surface area contributed by atoms with Gasteiger partial charge in [-0.05, 0) is 0 Å². The van der Waals surface area contributed by atoms with Crippen LogP contribution in [0.15, 0.2) is 18.2 Å². The molecule has 0 atom stereocenters. The first-order chi connectivity index (χ1) is 15.7. The molecule has 0 aliphatic heterocycles. The van der Waals surface area contributed by atoms with Crippen LogP contribution in [0, 0.1) is 26.8 Å².